The number of hydrogen-bond acceptors (Lipinski definition) is 1. The van der Waals surface area contributed by atoms with Crippen molar-refractivity contribution < 1.29 is 0 Å². The summed E-state index contributed by atoms with van der Waals surface area (Å²) in [5, 5.41) is 3.65. The molecule has 1 aromatic carbocycles. The zero-order chi connectivity index (χ0) is 19.8. The number of nitrogens with zero attached hydrogens (tertiary/aromatic N) is 1. The molecular formula is C27H24N2. The van der Waals surface area contributed by atoms with Crippen LogP contribution in [-0.2, 0) is 13.5 Å². The highest BCUT2D eigenvalue weighted by Gasteiger charge is 2.26. The summed E-state index contributed by atoms with van der Waals surface area (Å²) in [6.07, 6.45) is 23.5. The molecule has 0 amide bonds. The monoisotopic (exact) mass is 376 g/mol. The first-order valence-electron chi connectivity index (χ1n) is 10.1. The predicted molar refractivity (Wildman–Crippen MR) is 124 cm³/mol. The Bertz CT molecular complexity index is 1190. The van der Waals surface area contributed by atoms with Gasteiger partial charge in [0.1, 0.15) is 0 Å². The van der Waals surface area contributed by atoms with Gasteiger partial charge in [0.2, 0.25) is 0 Å². The molecule has 0 bridgehead atoms. The van der Waals surface area contributed by atoms with Crippen molar-refractivity contribution in [3.05, 3.63) is 119 Å². The fourth-order valence-corrected chi connectivity index (χ4v) is 4.43. The van der Waals surface area contributed by atoms with Gasteiger partial charge < -0.3 is 9.88 Å². The lowest BCUT2D eigenvalue weighted by atomic mass is 9.91. The van der Waals surface area contributed by atoms with Crippen molar-refractivity contribution in [1.29, 1.82) is 0 Å². The lowest BCUT2D eigenvalue weighted by Gasteiger charge is -2.17. The zero-order valence-electron chi connectivity index (χ0n) is 16.7. The highest BCUT2D eigenvalue weighted by Crippen LogP contribution is 2.42. The smallest absolute Gasteiger partial charge is 0.0560 e. The summed E-state index contributed by atoms with van der Waals surface area (Å²) in [6.45, 7) is 4.38. The molecule has 3 aliphatic rings. The number of anilines is 1. The van der Waals surface area contributed by atoms with E-state index in [1.807, 2.05) is 0 Å². The Morgan fingerprint density at radius 1 is 0.931 bits per heavy atom. The third-order valence-electron chi connectivity index (χ3n) is 5.79. The number of hydrogen-bond donors (Lipinski definition) is 1. The summed E-state index contributed by atoms with van der Waals surface area (Å²) >= 11 is 0. The molecule has 29 heavy (non-hydrogen) atoms. The van der Waals surface area contributed by atoms with Gasteiger partial charge in [-0.3, -0.25) is 0 Å². The normalized spacial score (nSPS) is 20.8. The minimum Gasteiger partial charge on any atom is -0.358 e. The largest absolute Gasteiger partial charge is 0.358 e. The maximum atomic E-state index is 4.38. The molecule has 2 aromatic rings. The summed E-state index contributed by atoms with van der Waals surface area (Å²) < 4.78 is 2.32. The van der Waals surface area contributed by atoms with Crippen LogP contribution in [0.3, 0.4) is 0 Å². The van der Waals surface area contributed by atoms with Gasteiger partial charge in [-0.2, -0.15) is 0 Å². The van der Waals surface area contributed by atoms with Crippen LogP contribution in [0.25, 0.3) is 17.2 Å². The number of allylic oxidation sites excluding steroid dienone is 10. The fourth-order valence-electron chi connectivity index (χ4n) is 4.43. The van der Waals surface area contributed by atoms with Gasteiger partial charge in [-0.1, -0.05) is 79.5 Å². The minimum absolute atomic E-state index is 0.947. The van der Waals surface area contributed by atoms with E-state index in [1.54, 1.807) is 0 Å². The Morgan fingerprint density at radius 2 is 1.83 bits per heavy atom. The van der Waals surface area contributed by atoms with Crippen LogP contribution in [0.1, 0.15) is 34.5 Å². The Balaban J connectivity index is 1.73. The van der Waals surface area contributed by atoms with E-state index in [-0.39, 0.29) is 0 Å². The van der Waals surface area contributed by atoms with Crippen molar-refractivity contribution in [2.24, 2.45) is 7.05 Å². The van der Waals surface area contributed by atoms with E-state index in [4.69, 9.17) is 0 Å². The van der Waals surface area contributed by atoms with Crippen molar-refractivity contribution in [2.45, 2.75) is 12.8 Å². The average Bonchev–Trinajstić information content (AvgIpc) is 3.45. The second-order valence-corrected chi connectivity index (χ2v) is 7.59. The Labute approximate surface area is 172 Å². The summed E-state index contributed by atoms with van der Waals surface area (Å²) in [5.74, 6) is 0. The molecule has 1 heterocycles. The van der Waals surface area contributed by atoms with Crippen LogP contribution in [-0.4, -0.2) is 4.57 Å². The first-order chi connectivity index (χ1) is 14.2. The van der Waals surface area contributed by atoms with Crippen molar-refractivity contribution in [2.75, 3.05) is 5.32 Å². The van der Waals surface area contributed by atoms with Crippen LogP contribution < -0.4 is 5.32 Å². The van der Waals surface area contributed by atoms with Gasteiger partial charge in [0, 0.05) is 53.7 Å². The summed E-state index contributed by atoms with van der Waals surface area (Å²) in [4.78, 5) is 0. The van der Waals surface area contributed by atoms with E-state index in [0.717, 1.165) is 24.1 Å². The number of nitrogens with one attached hydrogen (secondary N) is 1. The summed E-state index contributed by atoms with van der Waals surface area (Å²) in [7, 11) is 2.16. The quantitative estimate of drug-likeness (QED) is 0.654. The second kappa shape index (κ2) is 7.14. The molecule has 2 heteroatoms. The first kappa shape index (κ1) is 17.6. The molecule has 142 valence electrons. The van der Waals surface area contributed by atoms with Gasteiger partial charge in [0.25, 0.3) is 0 Å². The van der Waals surface area contributed by atoms with Crippen LogP contribution in [0.2, 0.25) is 0 Å². The zero-order valence-corrected chi connectivity index (χ0v) is 16.7. The molecule has 1 aromatic heterocycles. The van der Waals surface area contributed by atoms with Crippen molar-refractivity contribution >= 4 is 22.9 Å². The average molecular weight is 377 g/mol. The maximum Gasteiger partial charge on any atom is 0.0560 e. The van der Waals surface area contributed by atoms with Crippen LogP contribution in [0.15, 0.2) is 91.2 Å². The molecule has 0 unspecified atom stereocenters. The van der Waals surface area contributed by atoms with Gasteiger partial charge >= 0.3 is 0 Å². The van der Waals surface area contributed by atoms with Crippen molar-refractivity contribution in [3.8, 4) is 0 Å². The van der Waals surface area contributed by atoms with E-state index in [9.17, 15) is 0 Å². The number of rotatable bonds is 3. The van der Waals surface area contributed by atoms with Crippen LogP contribution in [0.5, 0.6) is 0 Å². The maximum absolute atomic E-state index is 4.38. The molecule has 2 nitrogen and oxygen atoms in total. The third-order valence-corrected chi connectivity index (χ3v) is 5.79. The van der Waals surface area contributed by atoms with Gasteiger partial charge in [-0.25, -0.2) is 0 Å². The number of aromatic nitrogens is 1. The van der Waals surface area contributed by atoms with Crippen molar-refractivity contribution in [1.82, 2.24) is 4.57 Å². The molecule has 0 aliphatic heterocycles. The number of benzene rings is 1. The summed E-state index contributed by atoms with van der Waals surface area (Å²) in [6, 6.07) is 8.58. The van der Waals surface area contributed by atoms with Crippen molar-refractivity contribution in [3.63, 3.8) is 0 Å². The van der Waals surface area contributed by atoms with E-state index >= 15 is 0 Å². The van der Waals surface area contributed by atoms with E-state index in [0.29, 0.717) is 0 Å². The minimum atomic E-state index is 0.947. The SMILES string of the molecule is C=C1\C=C/C=C\C=C(\c2ccccc2NC2=CC=CC2)c2c3c(n(C)c21)CC=C3. The molecule has 0 saturated carbocycles. The topological polar surface area (TPSA) is 17.0 Å². The Hall–Kier alpha value is -3.52. The highest BCUT2D eigenvalue weighted by atomic mass is 15.0. The Kier molecular flexibility index (Phi) is 4.33. The number of para-hydroxylation sites is 1. The van der Waals surface area contributed by atoms with Crippen LogP contribution >= 0.6 is 0 Å². The molecule has 0 fully saturated rings. The first-order valence-corrected chi connectivity index (χ1v) is 10.1. The van der Waals surface area contributed by atoms with Gasteiger partial charge in [-0.05, 0) is 23.3 Å². The second-order valence-electron chi connectivity index (χ2n) is 7.59. The van der Waals surface area contributed by atoms with Crippen LogP contribution in [0.4, 0.5) is 5.69 Å². The van der Waals surface area contributed by atoms with E-state index < -0.39 is 0 Å². The third kappa shape index (κ3) is 2.98. The lowest BCUT2D eigenvalue weighted by molar-refractivity contribution is 0.849. The molecule has 0 spiro atoms. The van der Waals surface area contributed by atoms with Crippen LogP contribution in [0, 0.1) is 0 Å². The molecule has 3 aliphatic carbocycles. The van der Waals surface area contributed by atoms with Gasteiger partial charge in [0.15, 0.2) is 0 Å². The van der Waals surface area contributed by atoms with Gasteiger partial charge in [-0.15, -0.1) is 0 Å². The van der Waals surface area contributed by atoms with E-state index in [2.05, 4.69) is 109 Å². The standard InChI is InChI=1S/C27H24N2/c1-19-11-4-3-5-15-22(26-23-16-10-18-25(23)29(2)27(19)26)21-14-8-9-17-24(21)28-20-12-6-7-13-20/h3-12,14-17,28H,1,13,18H2,2H3/b5-3-,11-4-,22-15-. The molecule has 0 radical (unpaired) electrons. The molecule has 0 atom stereocenters. The van der Waals surface area contributed by atoms with E-state index in [1.165, 1.54) is 39.3 Å². The number of fused-ring (bicyclic) bond motifs is 3. The lowest BCUT2D eigenvalue weighted by Crippen LogP contribution is -2.03. The molecule has 1 N–H and O–H groups in total. The van der Waals surface area contributed by atoms with Gasteiger partial charge in [0.05, 0.1) is 5.69 Å². The molecular weight excluding hydrogens is 352 g/mol. The highest BCUT2D eigenvalue weighted by molar-refractivity contribution is 5.97. The Morgan fingerprint density at radius 3 is 2.69 bits per heavy atom. The summed E-state index contributed by atoms with van der Waals surface area (Å²) in [5.41, 5.74) is 11.0. The molecule has 0 saturated heterocycles. The molecule has 5 rings (SSSR count). The fraction of sp³-hybridized carbons (Fsp3) is 0.111. The predicted octanol–water partition coefficient (Wildman–Crippen LogP) is 6.42.